The molecule has 1 aromatic rings. The van der Waals surface area contributed by atoms with Crippen molar-refractivity contribution < 1.29 is 48.7 Å². The number of rotatable bonds is 3. The summed E-state index contributed by atoms with van der Waals surface area (Å²) < 4.78 is 125. The Labute approximate surface area is 125 Å². The minimum atomic E-state index is -6.79. The standard InChI is InChI=1S/C11H3ClF10O/c12-6-2-1-4(3-5(6)9(15,16)17)7(23)8(13,14)10(18,19)11(20,21)22/h1-3H. The van der Waals surface area contributed by atoms with Crippen LogP contribution in [0.25, 0.3) is 0 Å². The molecule has 0 atom stereocenters. The van der Waals surface area contributed by atoms with Crippen LogP contribution in [-0.2, 0) is 6.18 Å². The largest absolute Gasteiger partial charge is 0.460 e. The molecule has 0 bridgehead atoms. The number of Topliss-reactive ketones (excluding diaryl/α,β-unsaturated/α-hetero) is 1. The normalized spacial score (nSPS) is 14.0. The second-order valence-electron chi connectivity index (χ2n) is 4.17. The Bertz CT molecular complexity index is 616. The second kappa shape index (κ2) is 5.53. The summed E-state index contributed by atoms with van der Waals surface area (Å²) in [5.74, 6) is -16.2. The Kier molecular flexibility index (Phi) is 4.70. The van der Waals surface area contributed by atoms with Gasteiger partial charge >= 0.3 is 24.2 Å². The maximum atomic E-state index is 13.2. The SMILES string of the molecule is O=C(c1ccc(Cl)c(C(F)(F)F)c1)C(F)(F)C(F)(F)C(F)(F)F. The highest BCUT2D eigenvalue weighted by Crippen LogP contribution is 2.48. The molecule has 0 aliphatic rings. The topological polar surface area (TPSA) is 17.1 Å². The third-order valence-electron chi connectivity index (χ3n) is 2.57. The van der Waals surface area contributed by atoms with Crippen molar-refractivity contribution in [1.82, 2.24) is 0 Å². The molecule has 12 heteroatoms. The predicted molar refractivity (Wildman–Crippen MR) is 56.7 cm³/mol. The first-order chi connectivity index (χ1) is 10.0. The highest BCUT2D eigenvalue weighted by Gasteiger charge is 2.76. The molecule has 0 radical (unpaired) electrons. The second-order valence-corrected chi connectivity index (χ2v) is 4.58. The van der Waals surface area contributed by atoms with Crippen molar-refractivity contribution in [3.63, 3.8) is 0 Å². The zero-order chi connectivity index (χ0) is 18.4. The van der Waals surface area contributed by atoms with Crippen molar-refractivity contribution in [3.8, 4) is 0 Å². The Balaban J connectivity index is 3.41. The molecular weight excluding hydrogens is 374 g/mol. The number of alkyl halides is 10. The van der Waals surface area contributed by atoms with E-state index < -0.39 is 46.1 Å². The molecule has 0 aliphatic carbocycles. The van der Waals surface area contributed by atoms with E-state index in [4.69, 9.17) is 11.6 Å². The van der Waals surface area contributed by atoms with Gasteiger partial charge in [0.2, 0.25) is 5.78 Å². The van der Waals surface area contributed by atoms with Crippen molar-refractivity contribution in [2.75, 3.05) is 0 Å². The van der Waals surface area contributed by atoms with Gasteiger partial charge in [-0.3, -0.25) is 4.79 Å². The van der Waals surface area contributed by atoms with Crippen LogP contribution in [0.1, 0.15) is 15.9 Å². The smallest absolute Gasteiger partial charge is 0.287 e. The Morgan fingerprint density at radius 3 is 1.74 bits per heavy atom. The Hall–Kier alpha value is -1.52. The van der Waals surface area contributed by atoms with Crippen LogP contribution in [0.5, 0.6) is 0 Å². The third kappa shape index (κ3) is 3.38. The van der Waals surface area contributed by atoms with Gasteiger partial charge in [0, 0.05) is 5.56 Å². The lowest BCUT2D eigenvalue weighted by atomic mass is 9.98. The van der Waals surface area contributed by atoms with Crippen molar-refractivity contribution in [2.24, 2.45) is 0 Å². The fourth-order valence-electron chi connectivity index (χ4n) is 1.39. The van der Waals surface area contributed by atoms with Gasteiger partial charge in [0.25, 0.3) is 0 Å². The van der Waals surface area contributed by atoms with E-state index in [-0.39, 0.29) is 18.2 Å². The first kappa shape index (κ1) is 19.5. The van der Waals surface area contributed by atoms with Crippen molar-refractivity contribution in [3.05, 3.63) is 34.3 Å². The molecule has 0 saturated heterocycles. The molecule has 1 nitrogen and oxygen atoms in total. The van der Waals surface area contributed by atoms with E-state index >= 15 is 0 Å². The summed E-state index contributed by atoms with van der Waals surface area (Å²) >= 11 is 5.12. The molecule has 0 amide bonds. The van der Waals surface area contributed by atoms with Crippen molar-refractivity contribution in [2.45, 2.75) is 24.2 Å². The molecule has 1 rings (SSSR count). The van der Waals surface area contributed by atoms with E-state index in [1.54, 1.807) is 0 Å². The lowest BCUT2D eigenvalue weighted by Gasteiger charge is -2.27. The van der Waals surface area contributed by atoms with Crippen LogP contribution >= 0.6 is 11.6 Å². The maximum absolute atomic E-state index is 13.2. The predicted octanol–water partition coefficient (Wildman–Crippen LogP) is 5.37. The van der Waals surface area contributed by atoms with Crippen LogP contribution in [0, 0.1) is 0 Å². The highest BCUT2D eigenvalue weighted by atomic mass is 35.5. The summed E-state index contributed by atoms with van der Waals surface area (Å²) in [4.78, 5) is 11.2. The number of halogens is 11. The average molecular weight is 377 g/mol. The monoisotopic (exact) mass is 376 g/mol. The summed E-state index contributed by atoms with van der Waals surface area (Å²) in [6.07, 6.45) is -12.0. The molecule has 1 aromatic carbocycles. The Morgan fingerprint density at radius 2 is 1.35 bits per heavy atom. The highest BCUT2D eigenvalue weighted by molar-refractivity contribution is 6.31. The molecule has 0 spiro atoms. The van der Waals surface area contributed by atoms with Gasteiger partial charge in [0.15, 0.2) is 0 Å². The number of benzene rings is 1. The number of hydrogen-bond donors (Lipinski definition) is 0. The first-order valence-electron chi connectivity index (χ1n) is 5.27. The Morgan fingerprint density at radius 1 is 0.870 bits per heavy atom. The fraction of sp³-hybridized carbons (Fsp3) is 0.364. The minimum absolute atomic E-state index is 0.181. The molecule has 0 N–H and O–H groups in total. The van der Waals surface area contributed by atoms with Crippen LogP contribution in [0.3, 0.4) is 0 Å². The third-order valence-corrected chi connectivity index (χ3v) is 2.90. The maximum Gasteiger partial charge on any atom is 0.460 e. The van der Waals surface area contributed by atoms with Crippen molar-refractivity contribution >= 4 is 17.4 Å². The molecular formula is C11H3ClF10O. The van der Waals surface area contributed by atoms with E-state index in [2.05, 4.69) is 0 Å². The van der Waals surface area contributed by atoms with Crippen LogP contribution in [-0.4, -0.2) is 23.8 Å². The summed E-state index contributed by atoms with van der Waals surface area (Å²) in [6, 6.07) is 0.130. The van der Waals surface area contributed by atoms with Crippen LogP contribution in [0.4, 0.5) is 43.9 Å². The van der Waals surface area contributed by atoms with Gasteiger partial charge in [-0.15, -0.1) is 0 Å². The summed E-state index contributed by atoms with van der Waals surface area (Å²) in [6.45, 7) is 0. The molecule has 0 aromatic heterocycles. The molecule has 0 aliphatic heterocycles. The number of carbonyl (C=O) groups excluding carboxylic acids is 1. The summed E-state index contributed by atoms with van der Waals surface area (Å²) in [5.41, 5.74) is -3.54. The first-order valence-corrected chi connectivity index (χ1v) is 5.65. The average Bonchev–Trinajstić information content (AvgIpc) is 2.35. The number of ketones is 1. The van der Waals surface area contributed by atoms with Gasteiger partial charge in [-0.1, -0.05) is 11.6 Å². The van der Waals surface area contributed by atoms with E-state index in [0.717, 1.165) is 0 Å². The van der Waals surface area contributed by atoms with Crippen LogP contribution < -0.4 is 0 Å². The van der Waals surface area contributed by atoms with E-state index in [1.165, 1.54) is 0 Å². The quantitative estimate of drug-likeness (QED) is 0.512. The van der Waals surface area contributed by atoms with E-state index in [9.17, 15) is 48.7 Å². The van der Waals surface area contributed by atoms with Gasteiger partial charge in [-0.05, 0) is 18.2 Å². The zero-order valence-corrected chi connectivity index (χ0v) is 11.1. The summed E-state index contributed by atoms with van der Waals surface area (Å²) in [7, 11) is 0. The molecule has 0 saturated carbocycles. The van der Waals surface area contributed by atoms with E-state index in [0.29, 0.717) is 0 Å². The van der Waals surface area contributed by atoms with Crippen LogP contribution in [0.15, 0.2) is 18.2 Å². The summed E-state index contributed by atoms with van der Waals surface area (Å²) in [5, 5.41) is -1.06. The number of carbonyl (C=O) groups is 1. The van der Waals surface area contributed by atoms with Gasteiger partial charge in [-0.25, -0.2) is 0 Å². The van der Waals surface area contributed by atoms with Crippen molar-refractivity contribution in [1.29, 1.82) is 0 Å². The van der Waals surface area contributed by atoms with E-state index in [1.807, 2.05) is 0 Å². The molecule has 23 heavy (non-hydrogen) atoms. The minimum Gasteiger partial charge on any atom is -0.287 e. The molecule has 0 heterocycles. The lowest BCUT2D eigenvalue weighted by molar-refractivity contribution is -0.339. The molecule has 130 valence electrons. The zero-order valence-electron chi connectivity index (χ0n) is 10.3. The van der Waals surface area contributed by atoms with Crippen LogP contribution in [0.2, 0.25) is 5.02 Å². The number of hydrogen-bond acceptors (Lipinski definition) is 1. The molecule has 0 unspecified atom stereocenters. The van der Waals surface area contributed by atoms with Gasteiger partial charge in [0.05, 0.1) is 10.6 Å². The van der Waals surface area contributed by atoms with Gasteiger partial charge in [-0.2, -0.15) is 43.9 Å². The fourth-order valence-corrected chi connectivity index (χ4v) is 1.61. The van der Waals surface area contributed by atoms with Gasteiger partial charge < -0.3 is 0 Å². The lowest BCUT2D eigenvalue weighted by Crippen LogP contribution is -2.56. The molecule has 0 fully saturated rings. The van der Waals surface area contributed by atoms with Gasteiger partial charge in [0.1, 0.15) is 0 Å².